The fourth-order valence-electron chi connectivity index (χ4n) is 3.05. The van der Waals surface area contributed by atoms with E-state index in [0.717, 1.165) is 12.8 Å². The lowest BCUT2D eigenvalue weighted by atomic mass is 10.1. The number of carbonyl (C=O) groups excluding carboxylic acids is 1. The van der Waals surface area contributed by atoms with Crippen molar-refractivity contribution < 1.29 is 9.90 Å². The maximum absolute atomic E-state index is 10.3. The van der Waals surface area contributed by atoms with Crippen LogP contribution >= 0.6 is 0 Å². The second-order valence-electron chi connectivity index (χ2n) is 7.12. The Hall–Kier alpha value is -0.790. The summed E-state index contributed by atoms with van der Waals surface area (Å²) in [5, 5.41) is 10.3. The van der Waals surface area contributed by atoms with Crippen LogP contribution in [-0.4, -0.2) is 5.97 Å². The molecule has 0 unspecified atom stereocenters. The van der Waals surface area contributed by atoms with Gasteiger partial charge < -0.3 is 9.90 Å². The third-order valence-electron chi connectivity index (χ3n) is 4.64. The Bertz CT molecular complexity index is 284. The number of carboxylic acid groups (broad SMARTS) is 1. The van der Waals surface area contributed by atoms with Crippen molar-refractivity contribution in [3.05, 3.63) is 12.2 Å². The third kappa shape index (κ3) is 21.2. The summed E-state index contributed by atoms with van der Waals surface area (Å²) in [6, 6.07) is 0. The highest BCUT2D eigenvalue weighted by Gasteiger charge is 1.93. The first-order valence-corrected chi connectivity index (χ1v) is 10.6. The predicted molar refractivity (Wildman–Crippen MR) is 103 cm³/mol. The molecule has 24 heavy (non-hydrogen) atoms. The molecule has 2 heteroatoms. The molecular weight excluding hydrogens is 296 g/mol. The normalized spacial score (nSPS) is 11.4. The summed E-state index contributed by atoms with van der Waals surface area (Å²) in [6.45, 7) is 2.27. The molecule has 0 aliphatic heterocycles. The Balaban J connectivity index is 3.06. The highest BCUT2D eigenvalue weighted by atomic mass is 16.4. The molecular formula is C22H41O2-. The minimum Gasteiger partial charge on any atom is -0.550 e. The van der Waals surface area contributed by atoms with Gasteiger partial charge in [-0.3, -0.25) is 0 Å². The summed E-state index contributed by atoms with van der Waals surface area (Å²) in [4.78, 5) is 10.3. The van der Waals surface area contributed by atoms with Crippen molar-refractivity contribution in [3.8, 4) is 0 Å². The molecule has 0 heterocycles. The highest BCUT2D eigenvalue weighted by Crippen LogP contribution is 2.12. The molecule has 0 atom stereocenters. The number of unbranched alkanes of at least 4 members (excludes halogenated alkanes) is 15. The lowest BCUT2D eigenvalue weighted by Crippen LogP contribution is -2.21. The van der Waals surface area contributed by atoms with E-state index in [1.165, 1.54) is 96.3 Å². The van der Waals surface area contributed by atoms with Crippen LogP contribution < -0.4 is 5.11 Å². The van der Waals surface area contributed by atoms with Gasteiger partial charge in [-0.1, -0.05) is 96.1 Å². The molecule has 0 fully saturated rings. The van der Waals surface area contributed by atoms with Gasteiger partial charge in [-0.25, -0.2) is 0 Å². The van der Waals surface area contributed by atoms with E-state index in [4.69, 9.17) is 0 Å². The van der Waals surface area contributed by atoms with Gasteiger partial charge in [0.2, 0.25) is 0 Å². The summed E-state index contributed by atoms with van der Waals surface area (Å²) in [5.74, 6) is -0.906. The second kappa shape index (κ2) is 20.3. The molecule has 2 nitrogen and oxygen atoms in total. The number of carbonyl (C=O) groups is 1. The van der Waals surface area contributed by atoms with Crippen LogP contribution in [0.4, 0.5) is 0 Å². The van der Waals surface area contributed by atoms with Crippen LogP contribution in [0.3, 0.4) is 0 Å². The molecule has 0 rings (SSSR count). The topological polar surface area (TPSA) is 40.1 Å². The fraction of sp³-hybridized carbons (Fsp3) is 0.864. The maximum Gasteiger partial charge on any atom is 0.0414 e. The third-order valence-corrected chi connectivity index (χ3v) is 4.64. The SMILES string of the molecule is CCCCCCCC/C=C\CCCCCCCCCCCC(=O)[O-]. The number of aliphatic carboxylic acids is 1. The molecule has 0 aliphatic rings. The lowest BCUT2D eigenvalue weighted by Gasteiger charge is -2.03. The van der Waals surface area contributed by atoms with Crippen LogP contribution in [0.25, 0.3) is 0 Å². The first kappa shape index (κ1) is 23.2. The zero-order valence-electron chi connectivity index (χ0n) is 16.2. The summed E-state index contributed by atoms with van der Waals surface area (Å²) in [6.07, 6.45) is 26.8. The zero-order valence-corrected chi connectivity index (χ0v) is 16.2. The van der Waals surface area contributed by atoms with Crippen molar-refractivity contribution in [2.75, 3.05) is 0 Å². The van der Waals surface area contributed by atoms with Crippen LogP contribution in [0.5, 0.6) is 0 Å². The van der Waals surface area contributed by atoms with Crippen molar-refractivity contribution in [1.29, 1.82) is 0 Å². The van der Waals surface area contributed by atoms with Crippen LogP contribution in [0.1, 0.15) is 122 Å². The molecule has 0 aromatic rings. The minimum atomic E-state index is -0.906. The van der Waals surface area contributed by atoms with Gasteiger partial charge in [0.25, 0.3) is 0 Å². The Kier molecular flexibility index (Phi) is 19.6. The van der Waals surface area contributed by atoms with Gasteiger partial charge in [-0.05, 0) is 38.5 Å². The standard InChI is InChI=1S/C22H42O2/c1-2-3-4-5-6-7-8-9-10-11-12-13-14-15-16-17-18-19-20-21-22(23)24/h9-10H,2-8,11-21H2,1H3,(H,23,24)/p-1/b10-9-. The molecule has 142 valence electrons. The van der Waals surface area contributed by atoms with Gasteiger partial charge in [0.1, 0.15) is 0 Å². The van der Waals surface area contributed by atoms with E-state index < -0.39 is 5.97 Å². The molecule has 0 saturated carbocycles. The van der Waals surface area contributed by atoms with Gasteiger partial charge in [-0.15, -0.1) is 0 Å². The number of allylic oxidation sites excluding steroid dienone is 2. The molecule has 0 bridgehead atoms. The summed E-state index contributed by atoms with van der Waals surface area (Å²) >= 11 is 0. The Morgan fingerprint density at radius 2 is 1.00 bits per heavy atom. The molecule has 0 aliphatic carbocycles. The van der Waals surface area contributed by atoms with Crippen LogP contribution in [0.2, 0.25) is 0 Å². The van der Waals surface area contributed by atoms with Crippen LogP contribution in [-0.2, 0) is 4.79 Å². The summed E-state index contributed by atoms with van der Waals surface area (Å²) < 4.78 is 0. The Labute approximate surface area is 151 Å². The molecule has 0 radical (unpaired) electrons. The second-order valence-corrected chi connectivity index (χ2v) is 7.12. The smallest absolute Gasteiger partial charge is 0.0414 e. The molecule has 0 amide bonds. The van der Waals surface area contributed by atoms with Crippen LogP contribution in [0, 0.1) is 0 Å². The van der Waals surface area contributed by atoms with Gasteiger partial charge in [-0.2, -0.15) is 0 Å². The number of rotatable bonds is 19. The van der Waals surface area contributed by atoms with Crippen molar-refractivity contribution in [3.63, 3.8) is 0 Å². The maximum atomic E-state index is 10.3. The van der Waals surface area contributed by atoms with E-state index in [1.54, 1.807) is 0 Å². The highest BCUT2D eigenvalue weighted by molar-refractivity contribution is 5.63. The van der Waals surface area contributed by atoms with Gasteiger partial charge in [0.15, 0.2) is 0 Å². The largest absolute Gasteiger partial charge is 0.550 e. The number of hydrogen-bond donors (Lipinski definition) is 0. The minimum absolute atomic E-state index is 0.229. The average Bonchev–Trinajstić information content (AvgIpc) is 2.56. The van der Waals surface area contributed by atoms with E-state index in [9.17, 15) is 9.90 Å². The van der Waals surface area contributed by atoms with Crippen LogP contribution in [0.15, 0.2) is 12.2 Å². The van der Waals surface area contributed by atoms with Crippen molar-refractivity contribution in [2.24, 2.45) is 0 Å². The summed E-state index contributed by atoms with van der Waals surface area (Å²) in [7, 11) is 0. The van der Waals surface area contributed by atoms with E-state index >= 15 is 0 Å². The summed E-state index contributed by atoms with van der Waals surface area (Å²) in [5.41, 5.74) is 0. The van der Waals surface area contributed by atoms with Gasteiger partial charge in [0.05, 0.1) is 0 Å². The van der Waals surface area contributed by atoms with Gasteiger partial charge >= 0.3 is 0 Å². The zero-order chi connectivity index (χ0) is 17.7. The van der Waals surface area contributed by atoms with E-state index in [2.05, 4.69) is 19.1 Å². The van der Waals surface area contributed by atoms with Crippen molar-refractivity contribution >= 4 is 5.97 Å². The molecule has 0 N–H and O–H groups in total. The quantitative estimate of drug-likeness (QED) is 0.204. The fourth-order valence-corrected chi connectivity index (χ4v) is 3.05. The molecule has 0 aromatic carbocycles. The van der Waals surface area contributed by atoms with Gasteiger partial charge in [0, 0.05) is 5.97 Å². The molecule has 0 saturated heterocycles. The monoisotopic (exact) mass is 337 g/mol. The van der Waals surface area contributed by atoms with E-state index in [0.29, 0.717) is 0 Å². The first-order valence-electron chi connectivity index (χ1n) is 10.6. The van der Waals surface area contributed by atoms with E-state index in [-0.39, 0.29) is 6.42 Å². The molecule has 0 spiro atoms. The average molecular weight is 338 g/mol. The predicted octanol–water partition coefficient (Wildman–Crippen LogP) is 6.33. The van der Waals surface area contributed by atoms with Crippen molar-refractivity contribution in [1.82, 2.24) is 0 Å². The first-order chi connectivity index (χ1) is 11.8. The van der Waals surface area contributed by atoms with E-state index in [1.807, 2.05) is 0 Å². The molecule has 0 aromatic heterocycles. The Morgan fingerprint density at radius 3 is 1.42 bits per heavy atom. The number of carboxylic acids is 1. The number of hydrogen-bond acceptors (Lipinski definition) is 2. The van der Waals surface area contributed by atoms with Crippen molar-refractivity contribution in [2.45, 2.75) is 122 Å². The lowest BCUT2D eigenvalue weighted by molar-refractivity contribution is -0.305. The Morgan fingerprint density at radius 1 is 0.625 bits per heavy atom.